The number of nitrogens with two attached hydrogens (primary N) is 1. The Morgan fingerprint density at radius 1 is 1.25 bits per heavy atom. The second-order valence-electron chi connectivity index (χ2n) is 4.48. The average Bonchev–Trinajstić information content (AvgIpc) is 2.48. The topological polar surface area (TPSA) is 88.2 Å². The van der Waals surface area contributed by atoms with Crippen molar-refractivity contribution < 1.29 is 9.90 Å². The summed E-state index contributed by atoms with van der Waals surface area (Å²) in [6.07, 6.45) is 2.21. The van der Waals surface area contributed by atoms with Gasteiger partial charge in [-0.2, -0.15) is 0 Å². The van der Waals surface area contributed by atoms with Gasteiger partial charge in [-0.15, -0.1) is 0 Å². The highest BCUT2D eigenvalue weighted by atomic mass is 16.3. The Balaban J connectivity index is 2.13. The lowest BCUT2D eigenvalue weighted by Gasteiger charge is -2.18. The van der Waals surface area contributed by atoms with Crippen molar-refractivity contribution in [3.8, 4) is 0 Å². The summed E-state index contributed by atoms with van der Waals surface area (Å²) in [4.78, 5) is 15.4. The Hall–Kier alpha value is -2.40. The minimum Gasteiger partial charge on any atom is -0.394 e. The summed E-state index contributed by atoms with van der Waals surface area (Å²) in [5, 5.41) is 12.5. The minimum absolute atomic E-state index is 0.0658. The van der Waals surface area contributed by atoms with Crippen LogP contribution in [-0.2, 0) is 6.42 Å². The van der Waals surface area contributed by atoms with Gasteiger partial charge in [-0.25, -0.2) is 4.98 Å². The summed E-state index contributed by atoms with van der Waals surface area (Å²) < 4.78 is 0. The third kappa shape index (κ3) is 3.55. The molecule has 1 aromatic heterocycles. The molecular weight excluding hydrogens is 254 g/mol. The predicted octanol–water partition coefficient (Wildman–Crippen LogP) is 1.20. The molecule has 4 N–H and O–H groups in total. The Bertz CT molecular complexity index is 572. The van der Waals surface area contributed by atoms with Crippen molar-refractivity contribution in [1.29, 1.82) is 0 Å². The number of amides is 1. The number of aromatic nitrogens is 1. The molecule has 5 nitrogen and oxygen atoms in total. The molecule has 2 rings (SSSR count). The molecular formula is C15H17N3O2. The number of aliphatic hydroxyl groups is 1. The lowest BCUT2D eigenvalue weighted by atomic mass is 10.1. The molecule has 5 heteroatoms. The maximum absolute atomic E-state index is 11.3. The third-order valence-corrected chi connectivity index (χ3v) is 2.96. The van der Waals surface area contributed by atoms with E-state index >= 15 is 0 Å². The molecule has 1 amide bonds. The van der Waals surface area contributed by atoms with Gasteiger partial charge in [-0.05, 0) is 24.1 Å². The molecule has 0 aliphatic heterocycles. The zero-order chi connectivity index (χ0) is 14.4. The van der Waals surface area contributed by atoms with Gasteiger partial charge >= 0.3 is 0 Å². The van der Waals surface area contributed by atoms with Gasteiger partial charge in [0.2, 0.25) is 0 Å². The summed E-state index contributed by atoms with van der Waals surface area (Å²) in [5.41, 5.74) is 6.71. The van der Waals surface area contributed by atoms with Crippen LogP contribution in [0.4, 0.5) is 5.82 Å². The van der Waals surface area contributed by atoms with Gasteiger partial charge < -0.3 is 16.2 Å². The first kappa shape index (κ1) is 14.0. The van der Waals surface area contributed by atoms with Gasteiger partial charge in [-0.1, -0.05) is 30.3 Å². The molecule has 20 heavy (non-hydrogen) atoms. The first-order valence-electron chi connectivity index (χ1n) is 6.37. The van der Waals surface area contributed by atoms with Gasteiger partial charge in [0.1, 0.15) is 5.82 Å². The molecule has 0 bridgehead atoms. The Labute approximate surface area is 117 Å². The molecule has 0 aliphatic carbocycles. The Morgan fingerprint density at radius 2 is 2.00 bits per heavy atom. The molecule has 1 unspecified atom stereocenters. The number of carbonyl (C=O) groups excluding carboxylic acids is 1. The zero-order valence-corrected chi connectivity index (χ0v) is 11.0. The molecule has 0 radical (unpaired) electrons. The fraction of sp³-hybridized carbons (Fsp3) is 0.200. The lowest BCUT2D eigenvalue weighted by Crippen LogP contribution is -2.28. The molecule has 1 atom stereocenters. The van der Waals surface area contributed by atoms with Crippen LogP contribution in [0.25, 0.3) is 0 Å². The van der Waals surface area contributed by atoms with E-state index in [2.05, 4.69) is 10.3 Å². The van der Waals surface area contributed by atoms with Crippen molar-refractivity contribution in [3.63, 3.8) is 0 Å². The smallest absolute Gasteiger partial charge is 0.252 e. The molecule has 1 heterocycles. The number of hydrogen-bond acceptors (Lipinski definition) is 4. The second kappa shape index (κ2) is 6.68. The van der Waals surface area contributed by atoms with E-state index in [1.165, 1.54) is 0 Å². The molecule has 2 aromatic rings. The van der Waals surface area contributed by atoms with Gasteiger partial charge in [0, 0.05) is 6.20 Å². The standard InChI is InChI=1S/C15H17N3O2/c16-14(20)13-7-4-8-17-15(13)18-12(10-19)9-11-5-2-1-3-6-11/h1-8,12,19H,9-10H2,(H2,16,20)(H,17,18). The fourth-order valence-corrected chi connectivity index (χ4v) is 1.97. The number of nitrogens with one attached hydrogen (secondary N) is 1. The number of anilines is 1. The molecule has 0 saturated heterocycles. The average molecular weight is 271 g/mol. The first-order chi connectivity index (χ1) is 9.70. The number of benzene rings is 1. The summed E-state index contributed by atoms with van der Waals surface area (Å²) in [6, 6.07) is 12.8. The molecule has 0 saturated carbocycles. The Kier molecular flexibility index (Phi) is 4.68. The number of nitrogens with zero attached hydrogens (tertiary/aromatic N) is 1. The van der Waals surface area contributed by atoms with E-state index in [4.69, 9.17) is 5.73 Å². The van der Waals surface area contributed by atoms with Gasteiger partial charge in [-0.3, -0.25) is 4.79 Å². The largest absolute Gasteiger partial charge is 0.394 e. The van der Waals surface area contributed by atoms with Crippen molar-refractivity contribution in [2.24, 2.45) is 5.73 Å². The van der Waals surface area contributed by atoms with Crippen molar-refractivity contribution in [2.75, 3.05) is 11.9 Å². The van der Waals surface area contributed by atoms with Crippen LogP contribution in [0.1, 0.15) is 15.9 Å². The Morgan fingerprint density at radius 3 is 2.65 bits per heavy atom. The van der Waals surface area contributed by atoms with E-state index in [0.29, 0.717) is 17.8 Å². The fourth-order valence-electron chi connectivity index (χ4n) is 1.97. The van der Waals surface area contributed by atoms with E-state index in [0.717, 1.165) is 5.56 Å². The van der Waals surface area contributed by atoms with Crippen molar-refractivity contribution in [3.05, 3.63) is 59.8 Å². The van der Waals surface area contributed by atoms with Crippen molar-refractivity contribution >= 4 is 11.7 Å². The summed E-state index contributed by atoms with van der Waals surface area (Å²) in [5.74, 6) is -0.146. The van der Waals surface area contributed by atoms with Crippen LogP contribution in [0, 0.1) is 0 Å². The number of rotatable bonds is 6. The van der Waals surface area contributed by atoms with Gasteiger partial charge in [0.25, 0.3) is 5.91 Å². The summed E-state index contributed by atoms with van der Waals surface area (Å²) in [7, 11) is 0. The van der Waals surface area contributed by atoms with Crippen LogP contribution in [0.15, 0.2) is 48.7 Å². The summed E-state index contributed by atoms with van der Waals surface area (Å²) >= 11 is 0. The zero-order valence-electron chi connectivity index (χ0n) is 11.0. The van der Waals surface area contributed by atoms with E-state index < -0.39 is 5.91 Å². The van der Waals surface area contributed by atoms with Crippen LogP contribution in [0.2, 0.25) is 0 Å². The maximum Gasteiger partial charge on any atom is 0.252 e. The SMILES string of the molecule is NC(=O)c1cccnc1NC(CO)Cc1ccccc1. The van der Waals surface area contributed by atoms with Crippen molar-refractivity contribution in [2.45, 2.75) is 12.5 Å². The summed E-state index contributed by atoms with van der Waals surface area (Å²) in [6.45, 7) is -0.0658. The third-order valence-electron chi connectivity index (χ3n) is 2.96. The monoisotopic (exact) mass is 271 g/mol. The van der Waals surface area contributed by atoms with Crippen LogP contribution in [-0.4, -0.2) is 28.6 Å². The molecule has 0 aliphatic rings. The quantitative estimate of drug-likeness (QED) is 0.736. The number of pyridine rings is 1. The highest BCUT2D eigenvalue weighted by Crippen LogP contribution is 2.13. The van der Waals surface area contributed by atoms with Crippen LogP contribution < -0.4 is 11.1 Å². The van der Waals surface area contributed by atoms with E-state index in [9.17, 15) is 9.90 Å². The number of hydrogen-bond donors (Lipinski definition) is 3. The lowest BCUT2D eigenvalue weighted by molar-refractivity contribution is 0.100. The van der Waals surface area contributed by atoms with Crippen LogP contribution in [0.5, 0.6) is 0 Å². The van der Waals surface area contributed by atoms with E-state index in [1.54, 1.807) is 18.3 Å². The highest BCUT2D eigenvalue weighted by molar-refractivity contribution is 5.97. The second-order valence-corrected chi connectivity index (χ2v) is 4.48. The molecule has 104 valence electrons. The van der Waals surface area contributed by atoms with Crippen molar-refractivity contribution in [1.82, 2.24) is 4.98 Å². The van der Waals surface area contributed by atoms with Gasteiger partial charge in [0.05, 0.1) is 18.2 Å². The molecule has 0 fully saturated rings. The number of carbonyl (C=O) groups is 1. The van der Waals surface area contributed by atoms with Crippen LogP contribution >= 0.6 is 0 Å². The molecule has 0 spiro atoms. The number of aliphatic hydroxyl groups excluding tert-OH is 1. The molecule has 1 aromatic carbocycles. The predicted molar refractivity (Wildman–Crippen MR) is 77.4 cm³/mol. The number of primary amides is 1. The minimum atomic E-state index is -0.544. The first-order valence-corrected chi connectivity index (χ1v) is 6.37. The maximum atomic E-state index is 11.3. The van der Waals surface area contributed by atoms with E-state index in [-0.39, 0.29) is 12.6 Å². The van der Waals surface area contributed by atoms with Crippen LogP contribution in [0.3, 0.4) is 0 Å². The van der Waals surface area contributed by atoms with Gasteiger partial charge in [0.15, 0.2) is 0 Å². The normalized spacial score (nSPS) is 11.8. The highest BCUT2D eigenvalue weighted by Gasteiger charge is 2.14. The van der Waals surface area contributed by atoms with E-state index in [1.807, 2.05) is 30.3 Å².